The fraction of sp³-hybridized carbons (Fsp3) is 0.190. The molecule has 0 N–H and O–H groups in total. The summed E-state index contributed by atoms with van der Waals surface area (Å²) in [6.07, 6.45) is 3.04. The van der Waals surface area contributed by atoms with E-state index in [0.717, 1.165) is 11.1 Å². The number of rotatable bonds is 5. The third-order valence-corrected chi connectivity index (χ3v) is 4.38. The number of amides is 1. The molecule has 0 unspecified atom stereocenters. The molecule has 0 aliphatic rings. The normalized spacial score (nSPS) is 11.9. The zero-order valence-electron chi connectivity index (χ0n) is 14.0. The van der Waals surface area contributed by atoms with Crippen molar-refractivity contribution in [3.05, 3.63) is 95.4 Å². The maximum atomic E-state index is 13.0. The molecule has 1 aromatic heterocycles. The van der Waals surface area contributed by atoms with Crippen molar-refractivity contribution < 1.29 is 9.21 Å². The highest BCUT2D eigenvalue weighted by Crippen LogP contribution is 2.25. The largest absolute Gasteiger partial charge is 0.472 e. The van der Waals surface area contributed by atoms with Crippen LogP contribution in [0, 0.1) is 6.92 Å². The minimum Gasteiger partial charge on any atom is -0.472 e. The number of carbonyl (C=O) groups excluding carboxylic acids is 1. The van der Waals surface area contributed by atoms with E-state index in [4.69, 9.17) is 4.42 Å². The zero-order valence-corrected chi connectivity index (χ0v) is 14.0. The van der Waals surface area contributed by atoms with Gasteiger partial charge >= 0.3 is 0 Å². The van der Waals surface area contributed by atoms with Crippen LogP contribution in [0.2, 0.25) is 0 Å². The molecule has 3 rings (SSSR count). The summed E-state index contributed by atoms with van der Waals surface area (Å²) < 4.78 is 5.10. The van der Waals surface area contributed by atoms with Crippen molar-refractivity contribution in [2.24, 2.45) is 0 Å². The summed E-state index contributed by atoms with van der Waals surface area (Å²) in [4.78, 5) is 14.9. The van der Waals surface area contributed by atoms with E-state index in [2.05, 4.69) is 38.1 Å². The molecule has 2 aromatic carbocycles. The molecule has 3 nitrogen and oxygen atoms in total. The van der Waals surface area contributed by atoms with Crippen molar-refractivity contribution in [2.75, 3.05) is 0 Å². The molecule has 122 valence electrons. The van der Waals surface area contributed by atoms with Gasteiger partial charge in [-0.25, -0.2) is 0 Å². The van der Waals surface area contributed by atoms with Crippen LogP contribution in [-0.4, -0.2) is 10.8 Å². The highest BCUT2D eigenvalue weighted by Gasteiger charge is 2.24. The fourth-order valence-electron chi connectivity index (χ4n) is 2.82. The maximum absolute atomic E-state index is 13.0. The molecule has 1 heterocycles. The van der Waals surface area contributed by atoms with Crippen molar-refractivity contribution in [1.82, 2.24) is 4.90 Å². The van der Waals surface area contributed by atoms with E-state index in [0.29, 0.717) is 12.1 Å². The van der Waals surface area contributed by atoms with Crippen LogP contribution in [0.5, 0.6) is 0 Å². The van der Waals surface area contributed by atoms with Crippen LogP contribution in [0.4, 0.5) is 0 Å². The Hall–Kier alpha value is -2.81. The van der Waals surface area contributed by atoms with Crippen LogP contribution in [0.3, 0.4) is 0 Å². The molecule has 0 aliphatic heterocycles. The molecular formula is C21H21NO2. The van der Waals surface area contributed by atoms with Gasteiger partial charge in [0.1, 0.15) is 6.26 Å². The summed E-state index contributed by atoms with van der Waals surface area (Å²) in [5.41, 5.74) is 4.02. The van der Waals surface area contributed by atoms with E-state index in [1.807, 2.05) is 35.2 Å². The fourth-order valence-corrected chi connectivity index (χ4v) is 2.82. The van der Waals surface area contributed by atoms with E-state index in [1.54, 1.807) is 6.07 Å². The quantitative estimate of drug-likeness (QED) is 0.663. The Balaban J connectivity index is 1.94. The summed E-state index contributed by atoms with van der Waals surface area (Å²) in [7, 11) is 0. The number of carbonyl (C=O) groups is 1. The molecule has 0 radical (unpaired) electrons. The van der Waals surface area contributed by atoms with Gasteiger partial charge in [-0.1, -0.05) is 54.6 Å². The van der Waals surface area contributed by atoms with Gasteiger partial charge in [0.15, 0.2) is 0 Å². The number of hydrogen-bond acceptors (Lipinski definition) is 2. The van der Waals surface area contributed by atoms with Gasteiger partial charge in [0, 0.05) is 6.54 Å². The standard InChI is InChI=1S/C21H21NO2/c1-16-8-6-7-11-19(16)14-22(21(23)20-12-13-24-15-20)17(2)18-9-4-3-5-10-18/h3-13,15,17H,14H2,1-2H3/t17-/m1/s1. The van der Waals surface area contributed by atoms with Crippen LogP contribution >= 0.6 is 0 Å². The van der Waals surface area contributed by atoms with E-state index in [-0.39, 0.29) is 11.9 Å². The van der Waals surface area contributed by atoms with E-state index in [1.165, 1.54) is 18.1 Å². The molecule has 1 atom stereocenters. The molecule has 0 fully saturated rings. The van der Waals surface area contributed by atoms with E-state index < -0.39 is 0 Å². The second kappa shape index (κ2) is 7.18. The van der Waals surface area contributed by atoms with Crippen molar-refractivity contribution in [3.8, 4) is 0 Å². The van der Waals surface area contributed by atoms with Gasteiger partial charge in [-0.2, -0.15) is 0 Å². The number of benzene rings is 2. The van der Waals surface area contributed by atoms with Gasteiger partial charge in [-0.15, -0.1) is 0 Å². The summed E-state index contributed by atoms with van der Waals surface area (Å²) in [6.45, 7) is 4.70. The first-order valence-corrected chi connectivity index (χ1v) is 8.09. The first kappa shape index (κ1) is 16.1. The molecule has 0 spiro atoms. The Labute approximate surface area is 142 Å². The monoisotopic (exact) mass is 319 g/mol. The summed E-state index contributed by atoms with van der Waals surface area (Å²) in [5.74, 6) is -0.0247. The predicted molar refractivity (Wildman–Crippen MR) is 94.6 cm³/mol. The minimum absolute atomic E-state index is 0.0247. The van der Waals surface area contributed by atoms with Gasteiger partial charge < -0.3 is 9.32 Å². The van der Waals surface area contributed by atoms with Crippen LogP contribution in [0.15, 0.2) is 77.6 Å². The first-order valence-electron chi connectivity index (χ1n) is 8.09. The van der Waals surface area contributed by atoms with Crippen LogP contribution in [0.25, 0.3) is 0 Å². The summed E-state index contributed by atoms with van der Waals surface area (Å²) >= 11 is 0. The second-order valence-corrected chi connectivity index (χ2v) is 5.96. The summed E-state index contributed by atoms with van der Waals surface area (Å²) in [5, 5.41) is 0. The lowest BCUT2D eigenvalue weighted by Gasteiger charge is -2.30. The molecule has 0 saturated carbocycles. The van der Waals surface area contributed by atoms with Crippen LogP contribution in [0.1, 0.15) is 40.0 Å². The van der Waals surface area contributed by atoms with Gasteiger partial charge in [0.05, 0.1) is 17.9 Å². The number of hydrogen-bond donors (Lipinski definition) is 0. The van der Waals surface area contributed by atoms with Gasteiger partial charge in [0.2, 0.25) is 0 Å². The number of furan rings is 1. The third kappa shape index (κ3) is 3.40. The summed E-state index contributed by atoms with van der Waals surface area (Å²) in [6, 6.07) is 19.9. The Kier molecular flexibility index (Phi) is 4.80. The predicted octanol–water partition coefficient (Wildman–Crippen LogP) is 4.99. The highest BCUT2D eigenvalue weighted by atomic mass is 16.3. The Morgan fingerprint density at radius 3 is 2.42 bits per heavy atom. The van der Waals surface area contributed by atoms with Crippen LogP contribution < -0.4 is 0 Å². The Bertz CT molecular complexity index is 794. The van der Waals surface area contributed by atoms with Crippen molar-refractivity contribution in [3.63, 3.8) is 0 Å². The van der Waals surface area contributed by atoms with Gasteiger partial charge in [-0.05, 0) is 36.6 Å². The van der Waals surface area contributed by atoms with Crippen molar-refractivity contribution in [1.29, 1.82) is 0 Å². The van der Waals surface area contributed by atoms with Crippen molar-refractivity contribution >= 4 is 5.91 Å². The van der Waals surface area contributed by atoms with Crippen molar-refractivity contribution in [2.45, 2.75) is 26.4 Å². The Morgan fingerprint density at radius 2 is 1.75 bits per heavy atom. The van der Waals surface area contributed by atoms with Crippen LogP contribution in [-0.2, 0) is 6.54 Å². The lowest BCUT2D eigenvalue weighted by atomic mass is 10.0. The highest BCUT2D eigenvalue weighted by molar-refractivity contribution is 5.94. The van der Waals surface area contributed by atoms with Gasteiger partial charge in [0.25, 0.3) is 5.91 Å². The van der Waals surface area contributed by atoms with E-state index in [9.17, 15) is 4.79 Å². The molecule has 3 heteroatoms. The third-order valence-electron chi connectivity index (χ3n) is 4.38. The lowest BCUT2D eigenvalue weighted by Crippen LogP contribution is -2.33. The average Bonchev–Trinajstić information content (AvgIpc) is 3.15. The SMILES string of the molecule is Cc1ccccc1CN(C(=O)c1ccoc1)[C@H](C)c1ccccc1. The minimum atomic E-state index is -0.0341. The van der Waals surface area contributed by atoms with E-state index >= 15 is 0 Å². The topological polar surface area (TPSA) is 33.5 Å². The smallest absolute Gasteiger partial charge is 0.257 e. The first-order chi connectivity index (χ1) is 11.7. The average molecular weight is 319 g/mol. The zero-order chi connectivity index (χ0) is 16.9. The molecule has 0 aliphatic carbocycles. The molecular weight excluding hydrogens is 298 g/mol. The molecule has 0 saturated heterocycles. The molecule has 3 aromatic rings. The Morgan fingerprint density at radius 1 is 1.04 bits per heavy atom. The number of aryl methyl sites for hydroxylation is 1. The number of nitrogens with zero attached hydrogens (tertiary/aromatic N) is 1. The second-order valence-electron chi connectivity index (χ2n) is 5.96. The maximum Gasteiger partial charge on any atom is 0.257 e. The molecule has 0 bridgehead atoms. The molecule has 1 amide bonds. The molecule has 24 heavy (non-hydrogen) atoms. The lowest BCUT2D eigenvalue weighted by molar-refractivity contribution is 0.0673. The van der Waals surface area contributed by atoms with Gasteiger partial charge in [-0.3, -0.25) is 4.79 Å².